The van der Waals surface area contributed by atoms with E-state index in [2.05, 4.69) is 21.3 Å². The van der Waals surface area contributed by atoms with Gasteiger partial charge < -0.3 is 21.3 Å². The Morgan fingerprint density at radius 3 is 2.02 bits per heavy atom. The highest BCUT2D eigenvalue weighted by Crippen LogP contribution is 2.19. The van der Waals surface area contributed by atoms with Crippen LogP contribution in [0.1, 0.15) is 49.5 Å². The molecular weight excluding hydrogens is 504 g/mol. The lowest BCUT2D eigenvalue weighted by atomic mass is 10.0. The first-order valence-corrected chi connectivity index (χ1v) is 13.5. The second-order valence-corrected chi connectivity index (χ2v) is 10.6. The normalized spacial score (nSPS) is 11.7. The molecule has 1 atom stereocenters. The van der Waals surface area contributed by atoms with E-state index in [1.165, 1.54) is 0 Å². The molecule has 0 saturated carbocycles. The van der Waals surface area contributed by atoms with Crippen LogP contribution in [0.15, 0.2) is 84.9 Å². The lowest BCUT2D eigenvalue weighted by molar-refractivity contribution is -0.132. The molecular formula is C32H38N4O4. The summed E-state index contributed by atoms with van der Waals surface area (Å²) in [7, 11) is 0. The van der Waals surface area contributed by atoms with Gasteiger partial charge in [-0.3, -0.25) is 19.2 Å². The molecule has 0 radical (unpaired) electrons. The van der Waals surface area contributed by atoms with Crippen molar-refractivity contribution in [1.82, 2.24) is 21.3 Å². The first kappa shape index (κ1) is 30.1. The molecule has 0 heterocycles. The maximum Gasteiger partial charge on any atom is 0.251 e. The molecule has 0 aromatic heterocycles. The lowest BCUT2D eigenvalue weighted by Crippen LogP contribution is -2.51. The minimum atomic E-state index is -1.04. The first-order chi connectivity index (χ1) is 19.1. The molecule has 0 spiro atoms. The molecule has 4 N–H and O–H groups in total. The van der Waals surface area contributed by atoms with Crippen LogP contribution in [-0.4, -0.2) is 48.3 Å². The highest BCUT2D eigenvalue weighted by atomic mass is 16.2. The predicted molar refractivity (Wildman–Crippen MR) is 156 cm³/mol. The fourth-order valence-electron chi connectivity index (χ4n) is 4.09. The standard InChI is InChI=1S/C32H38N4O4/c1-32(2,3)36-29(38)22-27(35-28(37)18-17-23-11-6-4-7-12-23)31(40)34-20-19-33-30(39)26-16-10-15-25(21-26)24-13-8-5-9-14-24/h4-16,21,27H,17-20,22H2,1-3H3,(H,33,39)(H,34,40)(H,35,37)(H,36,38). The summed E-state index contributed by atoms with van der Waals surface area (Å²) in [6.45, 7) is 5.85. The van der Waals surface area contributed by atoms with E-state index in [1.807, 2.05) is 99.6 Å². The van der Waals surface area contributed by atoms with Gasteiger partial charge in [-0.25, -0.2) is 0 Å². The maximum atomic E-state index is 13.0. The van der Waals surface area contributed by atoms with Crippen molar-refractivity contribution < 1.29 is 19.2 Å². The third kappa shape index (κ3) is 10.4. The van der Waals surface area contributed by atoms with Crippen LogP contribution in [0.4, 0.5) is 0 Å². The van der Waals surface area contributed by atoms with E-state index in [0.717, 1.165) is 16.7 Å². The SMILES string of the molecule is CC(C)(C)NC(=O)CC(NC(=O)CCc1ccccc1)C(=O)NCCNC(=O)c1cccc(-c2ccccc2)c1. The van der Waals surface area contributed by atoms with Gasteiger partial charge in [-0.1, -0.05) is 72.8 Å². The van der Waals surface area contributed by atoms with Crippen molar-refractivity contribution in [2.24, 2.45) is 0 Å². The monoisotopic (exact) mass is 542 g/mol. The summed E-state index contributed by atoms with van der Waals surface area (Å²) in [5, 5.41) is 11.1. The van der Waals surface area contributed by atoms with E-state index in [-0.39, 0.29) is 43.7 Å². The van der Waals surface area contributed by atoms with Gasteiger partial charge in [-0.2, -0.15) is 0 Å². The minimum absolute atomic E-state index is 0.139. The van der Waals surface area contributed by atoms with Crippen molar-refractivity contribution in [2.75, 3.05) is 13.1 Å². The van der Waals surface area contributed by atoms with Gasteiger partial charge in [0.25, 0.3) is 5.91 Å². The van der Waals surface area contributed by atoms with E-state index in [0.29, 0.717) is 12.0 Å². The van der Waals surface area contributed by atoms with Crippen LogP contribution in [0, 0.1) is 0 Å². The van der Waals surface area contributed by atoms with E-state index >= 15 is 0 Å². The van der Waals surface area contributed by atoms with Gasteiger partial charge in [-0.05, 0) is 56.0 Å². The summed E-state index contributed by atoms with van der Waals surface area (Å²) in [5.41, 5.74) is 2.99. The zero-order valence-corrected chi connectivity index (χ0v) is 23.3. The number of carbonyl (C=O) groups is 4. The van der Waals surface area contributed by atoms with E-state index in [9.17, 15) is 19.2 Å². The maximum absolute atomic E-state index is 13.0. The molecule has 0 fully saturated rings. The van der Waals surface area contributed by atoms with Gasteiger partial charge in [0.15, 0.2) is 0 Å². The Balaban J connectivity index is 1.52. The average Bonchev–Trinajstić information content (AvgIpc) is 2.93. The fourth-order valence-corrected chi connectivity index (χ4v) is 4.09. The quantitative estimate of drug-likeness (QED) is 0.262. The molecule has 0 aliphatic heterocycles. The van der Waals surface area contributed by atoms with Gasteiger partial charge in [0.2, 0.25) is 17.7 Å². The molecule has 4 amide bonds. The Morgan fingerprint density at radius 2 is 1.35 bits per heavy atom. The molecule has 3 aromatic rings. The van der Waals surface area contributed by atoms with Gasteiger partial charge in [0.05, 0.1) is 6.42 Å². The third-order valence-corrected chi connectivity index (χ3v) is 5.98. The molecule has 0 bridgehead atoms. The number of nitrogens with one attached hydrogen (secondary N) is 4. The summed E-state index contributed by atoms with van der Waals surface area (Å²) >= 11 is 0. The second kappa shape index (κ2) is 14.6. The van der Waals surface area contributed by atoms with E-state index in [4.69, 9.17) is 0 Å². The molecule has 1 unspecified atom stereocenters. The van der Waals surface area contributed by atoms with Crippen LogP contribution in [0.5, 0.6) is 0 Å². The number of amides is 4. The second-order valence-electron chi connectivity index (χ2n) is 10.6. The zero-order chi connectivity index (χ0) is 29.0. The molecule has 8 heteroatoms. The Kier molecular flexibility index (Phi) is 11.0. The molecule has 0 saturated heterocycles. The van der Waals surface area contributed by atoms with Gasteiger partial charge >= 0.3 is 0 Å². The summed E-state index contributed by atoms with van der Waals surface area (Å²) in [4.78, 5) is 50.8. The Bertz CT molecular complexity index is 1290. The molecule has 210 valence electrons. The summed E-state index contributed by atoms with van der Waals surface area (Å²) < 4.78 is 0. The first-order valence-electron chi connectivity index (χ1n) is 13.5. The van der Waals surface area contributed by atoms with Crippen LogP contribution >= 0.6 is 0 Å². The van der Waals surface area contributed by atoms with Crippen molar-refractivity contribution in [3.63, 3.8) is 0 Å². The fraction of sp³-hybridized carbons (Fsp3) is 0.312. The summed E-state index contributed by atoms with van der Waals surface area (Å²) in [6, 6.07) is 25.6. The van der Waals surface area contributed by atoms with Gasteiger partial charge in [0, 0.05) is 30.6 Å². The minimum Gasteiger partial charge on any atom is -0.353 e. The number of benzene rings is 3. The van der Waals surface area contributed by atoms with Crippen LogP contribution in [0.2, 0.25) is 0 Å². The number of carbonyl (C=O) groups excluding carboxylic acids is 4. The van der Waals surface area contributed by atoms with Crippen LogP contribution < -0.4 is 21.3 Å². The number of aryl methyl sites for hydroxylation is 1. The van der Waals surface area contributed by atoms with Crippen LogP contribution in [-0.2, 0) is 20.8 Å². The Morgan fingerprint density at radius 1 is 0.725 bits per heavy atom. The van der Waals surface area contributed by atoms with E-state index in [1.54, 1.807) is 6.07 Å². The predicted octanol–water partition coefficient (Wildman–Crippen LogP) is 3.62. The van der Waals surface area contributed by atoms with Gasteiger partial charge in [0.1, 0.15) is 6.04 Å². The molecule has 40 heavy (non-hydrogen) atoms. The molecule has 0 aliphatic rings. The highest BCUT2D eigenvalue weighted by molar-refractivity contribution is 5.95. The van der Waals surface area contributed by atoms with Crippen molar-refractivity contribution in [2.45, 2.75) is 51.6 Å². The number of hydrogen-bond donors (Lipinski definition) is 4. The molecule has 8 nitrogen and oxygen atoms in total. The molecule has 0 aliphatic carbocycles. The molecule has 3 rings (SSSR count). The van der Waals surface area contributed by atoms with Crippen molar-refractivity contribution in [3.8, 4) is 11.1 Å². The molecule has 3 aromatic carbocycles. The summed E-state index contributed by atoms with van der Waals surface area (Å²) in [5.74, 6) is -1.42. The van der Waals surface area contributed by atoms with Crippen molar-refractivity contribution in [1.29, 1.82) is 0 Å². The Hall–Kier alpha value is -4.46. The Labute approximate surface area is 236 Å². The largest absolute Gasteiger partial charge is 0.353 e. The highest BCUT2D eigenvalue weighted by Gasteiger charge is 2.25. The smallest absolute Gasteiger partial charge is 0.251 e. The zero-order valence-electron chi connectivity index (χ0n) is 23.3. The average molecular weight is 543 g/mol. The number of hydrogen-bond acceptors (Lipinski definition) is 4. The summed E-state index contributed by atoms with van der Waals surface area (Å²) in [6.07, 6.45) is 0.512. The van der Waals surface area contributed by atoms with E-state index < -0.39 is 17.5 Å². The van der Waals surface area contributed by atoms with Crippen molar-refractivity contribution in [3.05, 3.63) is 96.1 Å². The third-order valence-electron chi connectivity index (χ3n) is 5.98. The van der Waals surface area contributed by atoms with Gasteiger partial charge in [-0.15, -0.1) is 0 Å². The number of rotatable bonds is 12. The van der Waals surface area contributed by atoms with Crippen LogP contribution in [0.25, 0.3) is 11.1 Å². The van der Waals surface area contributed by atoms with Crippen molar-refractivity contribution >= 4 is 23.6 Å². The van der Waals surface area contributed by atoms with Crippen LogP contribution in [0.3, 0.4) is 0 Å². The lowest BCUT2D eigenvalue weighted by Gasteiger charge is -2.23. The topological polar surface area (TPSA) is 116 Å².